The molecule has 1 unspecified atom stereocenters. The number of aromatic nitrogens is 1. The fourth-order valence-electron chi connectivity index (χ4n) is 2.07. The number of rotatable bonds is 6. The van der Waals surface area contributed by atoms with Crippen LogP contribution in [0.2, 0.25) is 0 Å². The van der Waals surface area contributed by atoms with E-state index in [1.54, 1.807) is 11.3 Å². The summed E-state index contributed by atoms with van der Waals surface area (Å²) >= 11 is 1.80. The molecule has 2 heterocycles. The molecule has 0 saturated carbocycles. The van der Waals surface area contributed by atoms with Crippen molar-refractivity contribution in [1.82, 2.24) is 10.3 Å². The number of nitrogens with zero attached hydrogens (tertiary/aromatic N) is 2. The fraction of sp³-hybridized carbons (Fsp3) is 0.400. The van der Waals surface area contributed by atoms with Gasteiger partial charge in [0.25, 0.3) is 0 Å². The Labute approximate surface area is 119 Å². The maximum absolute atomic E-state index is 4.27. The summed E-state index contributed by atoms with van der Waals surface area (Å²) in [4.78, 5) is 7.94. The smallest absolute Gasteiger partial charge is 0.0604 e. The average molecular weight is 275 g/mol. The predicted octanol–water partition coefficient (Wildman–Crippen LogP) is 3.45. The second kappa shape index (κ2) is 6.68. The highest BCUT2D eigenvalue weighted by atomic mass is 32.1. The molecule has 0 saturated heterocycles. The first-order chi connectivity index (χ1) is 9.24. The van der Waals surface area contributed by atoms with Crippen molar-refractivity contribution in [3.63, 3.8) is 0 Å². The Morgan fingerprint density at radius 2 is 2.26 bits per heavy atom. The highest BCUT2D eigenvalue weighted by molar-refractivity contribution is 7.10. The van der Waals surface area contributed by atoms with E-state index in [1.807, 2.05) is 12.4 Å². The Balaban J connectivity index is 2.20. The summed E-state index contributed by atoms with van der Waals surface area (Å²) in [6.07, 6.45) is 3.82. The maximum Gasteiger partial charge on any atom is 0.0604 e. The molecule has 0 radical (unpaired) electrons. The zero-order chi connectivity index (χ0) is 13.7. The summed E-state index contributed by atoms with van der Waals surface area (Å²) in [5, 5.41) is 5.51. The molecule has 19 heavy (non-hydrogen) atoms. The van der Waals surface area contributed by atoms with E-state index in [0.717, 1.165) is 13.1 Å². The molecular weight excluding hydrogens is 254 g/mol. The van der Waals surface area contributed by atoms with Crippen LogP contribution in [0.15, 0.2) is 36.0 Å². The van der Waals surface area contributed by atoms with Crippen LogP contribution < -0.4 is 10.2 Å². The normalized spacial score (nSPS) is 12.4. The fourth-order valence-corrected chi connectivity index (χ4v) is 2.90. The van der Waals surface area contributed by atoms with Gasteiger partial charge in [-0.2, -0.15) is 0 Å². The second-order valence-corrected chi connectivity index (χ2v) is 5.57. The van der Waals surface area contributed by atoms with Gasteiger partial charge in [0.1, 0.15) is 0 Å². The summed E-state index contributed by atoms with van der Waals surface area (Å²) in [6, 6.07) is 6.75. The van der Waals surface area contributed by atoms with Crippen molar-refractivity contribution in [2.45, 2.75) is 26.4 Å². The predicted molar refractivity (Wildman–Crippen MR) is 82.8 cm³/mol. The molecule has 0 aliphatic carbocycles. The van der Waals surface area contributed by atoms with Gasteiger partial charge in [-0.05, 0) is 36.5 Å². The summed E-state index contributed by atoms with van der Waals surface area (Å²) < 4.78 is 0. The van der Waals surface area contributed by atoms with E-state index in [0.29, 0.717) is 6.04 Å². The summed E-state index contributed by atoms with van der Waals surface area (Å²) in [7, 11) is 2.14. The third-order valence-corrected chi connectivity index (χ3v) is 4.41. The zero-order valence-electron chi connectivity index (χ0n) is 11.8. The van der Waals surface area contributed by atoms with Crippen LogP contribution in [0.5, 0.6) is 0 Å². The Bertz CT molecular complexity index is 496. The highest BCUT2D eigenvalue weighted by Gasteiger charge is 2.15. The molecule has 2 aromatic rings. The maximum atomic E-state index is 4.27. The lowest BCUT2D eigenvalue weighted by Gasteiger charge is -2.28. The minimum Gasteiger partial charge on any atom is -0.366 e. The van der Waals surface area contributed by atoms with Crippen molar-refractivity contribution in [2.75, 3.05) is 18.5 Å². The van der Waals surface area contributed by atoms with E-state index in [1.165, 1.54) is 16.1 Å². The molecular formula is C15H21N3S. The molecule has 2 rings (SSSR count). The Hall–Kier alpha value is -1.39. The van der Waals surface area contributed by atoms with Crippen molar-refractivity contribution in [3.8, 4) is 0 Å². The number of anilines is 1. The van der Waals surface area contributed by atoms with Crippen LogP contribution in [-0.2, 0) is 6.54 Å². The van der Waals surface area contributed by atoms with Crippen LogP contribution >= 0.6 is 11.3 Å². The molecule has 0 aliphatic heterocycles. The molecule has 0 spiro atoms. The van der Waals surface area contributed by atoms with Crippen molar-refractivity contribution >= 4 is 17.0 Å². The van der Waals surface area contributed by atoms with Crippen LogP contribution in [0, 0.1) is 0 Å². The molecule has 1 atom stereocenters. The molecule has 0 amide bonds. The molecule has 4 heteroatoms. The van der Waals surface area contributed by atoms with E-state index in [4.69, 9.17) is 0 Å². The molecule has 0 bridgehead atoms. The van der Waals surface area contributed by atoms with Gasteiger partial charge < -0.3 is 10.2 Å². The van der Waals surface area contributed by atoms with Gasteiger partial charge in [-0.3, -0.25) is 4.98 Å². The quantitative estimate of drug-likeness (QED) is 0.875. The minimum atomic E-state index is 0.365. The van der Waals surface area contributed by atoms with Gasteiger partial charge in [0.2, 0.25) is 0 Å². The van der Waals surface area contributed by atoms with Crippen LogP contribution in [0.4, 0.5) is 5.69 Å². The lowest BCUT2D eigenvalue weighted by Crippen LogP contribution is -2.24. The second-order valence-electron chi connectivity index (χ2n) is 4.59. The largest absolute Gasteiger partial charge is 0.366 e. The van der Waals surface area contributed by atoms with Gasteiger partial charge in [-0.1, -0.05) is 13.0 Å². The van der Waals surface area contributed by atoms with E-state index in [2.05, 4.69) is 59.7 Å². The lowest BCUT2D eigenvalue weighted by atomic mass is 10.1. The van der Waals surface area contributed by atoms with Crippen LogP contribution in [-0.4, -0.2) is 18.6 Å². The van der Waals surface area contributed by atoms with Gasteiger partial charge in [-0.15, -0.1) is 11.3 Å². The third kappa shape index (κ3) is 3.33. The number of nitrogens with one attached hydrogen (secondary N) is 1. The minimum absolute atomic E-state index is 0.365. The summed E-state index contributed by atoms with van der Waals surface area (Å²) in [5.41, 5.74) is 2.49. The number of hydrogen-bond donors (Lipinski definition) is 1. The summed E-state index contributed by atoms with van der Waals surface area (Å²) in [6.45, 7) is 6.22. The number of thiophene rings is 1. The Kier molecular flexibility index (Phi) is 4.93. The molecule has 2 aromatic heterocycles. The first kappa shape index (κ1) is 14.0. The standard InChI is InChI=1S/C15H21N3S/c1-4-16-10-13-7-8-17-11-14(13)18(3)12(2)15-6-5-9-19-15/h5-9,11-12,16H,4,10H2,1-3H3. The van der Waals surface area contributed by atoms with Crippen molar-refractivity contribution in [2.24, 2.45) is 0 Å². The average Bonchev–Trinajstić information content (AvgIpc) is 2.98. The van der Waals surface area contributed by atoms with Crippen molar-refractivity contribution in [1.29, 1.82) is 0 Å². The van der Waals surface area contributed by atoms with Gasteiger partial charge in [0, 0.05) is 24.7 Å². The molecule has 102 valence electrons. The van der Waals surface area contributed by atoms with Gasteiger partial charge in [0.05, 0.1) is 17.9 Å². The first-order valence-corrected chi connectivity index (χ1v) is 7.51. The lowest BCUT2D eigenvalue weighted by molar-refractivity contribution is 0.706. The molecule has 0 fully saturated rings. The molecule has 3 nitrogen and oxygen atoms in total. The SMILES string of the molecule is CCNCc1ccncc1N(C)C(C)c1cccs1. The van der Waals surface area contributed by atoms with E-state index < -0.39 is 0 Å². The molecule has 0 aromatic carbocycles. The van der Waals surface area contributed by atoms with Crippen LogP contribution in [0.25, 0.3) is 0 Å². The Morgan fingerprint density at radius 3 is 2.95 bits per heavy atom. The highest BCUT2D eigenvalue weighted by Crippen LogP contribution is 2.29. The molecule has 0 aliphatic rings. The third-order valence-electron chi connectivity index (χ3n) is 3.37. The van der Waals surface area contributed by atoms with Crippen LogP contribution in [0.1, 0.15) is 30.3 Å². The van der Waals surface area contributed by atoms with E-state index in [9.17, 15) is 0 Å². The van der Waals surface area contributed by atoms with Crippen LogP contribution in [0.3, 0.4) is 0 Å². The summed E-state index contributed by atoms with van der Waals surface area (Å²) in [5.74, 6) is 0. The molecule has 1 N–H and O–H groups in total. The number of hydrogen-bond acceptors (Lipinski definition) is 4. The first-order valence-electron chi connectivity index (χ1n) is 6.64. The van der Waals surface area contributed by atoms with Crippen molar-refractivity contribution < 1.29 is 0 Å². The number of pyridine rings is 1. The monoisotopic (exact) mass is 275 g/mol. The van der Waals surface area contributed by atoms with E-state index in [-0.39, 0.29) is 0 Å². The van der Waals surface area contributed by atoms with Crippen molar-refractivity contribution in [3.05, 3.63) is 46.4 Å². The topological polar surface area (TPSA) is 28.2 Å². The zero-order valence-corrected chi connectivity index (χ0v) is 12.6. The van der Waals surface area contributed by atoms with Gasteiger partial charge in [0.15, 0.2) is 0 Å². The Morgan fingerprint density at radius 1 is 1.42 bits per heavy atom. The van der Waals surface area contributed by atoms with Gasteiger partial charge >= 0.3 is 0 Å². The van der Waals surface area contributed by atoms with E-state index >= 15 is 0 Å². The van der Waals surface area contributed by atoms with Gasteiger partial charge in [-0.25, -0.2) is 0 Å².